The average molecular weight is 424 g/mol. The maximum absolute atomic E-state index is 11.3. The molecule has 0 aromatic carbocycles. The standard InChI is InChI=1S/C19H36O10/c1-24-17(22)5-11-28-15-19(13-26-9-3-7-20,14-27-10-4-8-21)16-29-12-6-18(23)25-2/h20-21H,3-16H2,1-2H3. The van der Waals surface area contributed by atoms with Gasteiger partial charge in [-0.05, 0) is 12.8 Å². The fourth-order valence-electron chi connectivity index (χ4n) is 2.25. The number of carbonyl (C=O) groups is 2. The summed E-state index contributed by atoms with van der Waals surface area (Å²) in [4.78, 5) is 22.5. The van der Waals surface area contributed by atoms with Crippen molar-refractivity contribution in [2.24, 2.45) is 5.41 Å². The Morgan fingerprint density at radius 1 is 0.655 bits per heavy atom. The summed E-state index contributed by atoms with van der Waals surface area (Å²) in [5, 5.41) is 17.9. The molecule has 0 heterocycles. The highest BCUT2D eigenvalue weighted by Crippen LogP contribution is 2.21. The smallest absolute Gasteiger partial charge is 0.307 e. The maximum Gasteiger partial charge on any atom is 0.307 e. The normalized spacial score (nSPS) is 11.4. The van der Waals surface area contributed by atoms with Crippen LogP contribution in [-0.4, -0.2) is 102 Å². The van der Waals surface area contributed by atoms with Gasteiger partial charge in [0.25, 0.3) is 0 Å². The van der Waals surface area contributed by atoms with Gasteiger partial charge in [0.05, 0.1) is 72.1 Å². The zero-order valence-corrected chi connectivity index (χ0v) is 17.6. The minimum Gasteiger partial charge on any atom is -0.469 e. The van der Waals surface area contributed by atoms with Crippen LogP contribution in [0.4, 0.5) is 0 Å². The van der Waals surface area contributed by atoms with Gasteiger partial charge in [-0.1, -0.05) is 0 Å². The predicted molar refractivity (Wildman–Crippen MR) is 102 cm³/mol. The van der Waals surface area contributed by atoms with Crippen LogP contribution in [0.1, 0.15) is 25.7 Å². The van der Waals surface area contributed by atoms with Gasteiger partial charge in [0.15, 0.2) is 0 Å². The Kier molecular flexibility index (Phi) is 17.9. The largest absolute Gasteiger partial charge is 0.469 e. The molecule has 0 atom stereocenters. The molecule has 10 heteroatoms. The number of ether oxygens (including phenoxy) is 6. The van der Waals surface area contributed by atoms with Crippen molar-refractivity contribution in [3.05, 3.63) is 0 Å². The van der Waals surface area contributed by atoms with Gasteiger partial charge in [-0.25, -0.2) is 0 Å². The van der Waals surface area contributed by atoms with Gasteiger partial charge in [-0.3, -0.25) is 9.59 Å². The van der Waals surface area contributed by atoms with Crippen molar-refractivity contribution in [1.29, 1.82) is 0 Å². The molecule has 0 aliphatic rings. The fraction of sp³-hybridized carbons (Fsp3) is 0.895. The molecular weight excluding hydrogens is 388 g/mol. The molecule has 0 amide bonds. The van der Waals surface area contributed by atoms with Crippen molar-refractivity contribution in [3.8, 4) is 0 Å². The third kappa shape index (κ3) is 15.2. The zero-order valence-electron chi connectivity index (χ0n) is 17.6. The van der Waals surface area contributed by atoms with Gasteiger partial charge in [-0.15, -0.1) is 0 Å². The molecule has 0 aliphatic heterocycles. The Morgan fingerprint density at radius 3 is 1.31 bits per heavy atom. The molecule has 172 valence electrons. The van der Waals surface area contributed by atoms with E-state index in [1.165, 1.54) is 14.2 Å². The summed E-state index contributed by atoms with van der Waals surface area (Å²) in [6.07, 6.45) is 1.22. The number of esters is 2. The van der Waals surface area contributed by atoms with Crippen molar-refractivity contribution in [1.82, 2.24) is 0 Å². The Hall–Kier alpha value is -1.30. The molecule has 0 saturated heterocycles. The number of hydrogen-bond donors (Lipinski definition) is 2. The number of methoxy groups -OCH3 is 2. The van der Waals surface area contributed by atoms with E-state index in [1.807, 2.05) is 0 Å². The highest BCUT2D eigenvalue weighted by molar-refractivity contribution is 5.69. The molecule has 0 aromatic rings. The van der Waals surface area contributed by atoms with E-state index in [0.29, 0.717) is 26.1 Å². The molecule has 0 unspecified atom stereocenters. The van der Waals surface area contributed by atoms with Gasteiger partial charge in [0, 0.05) is 26.4 Å². The molecule has 0 rings (SSSR count). The highest BCUT2D eigenvalue weighted by atomic mass is 16.5. The van der Waals surface area contributed by atoms with Crippen LogP contribution in [0.3, 0.4) is 0 Å². The second-order valence-electron chi connectivity index (χ2n) is 6.52. The summed E-state index contributed by atoms with van der Waals surface area (Å²) in [7, 11) is 2.62. The zero-order chi connectivity index (χ0) is 21.8. The number of carbonyl (C=O) groups excluding carboxylic acids is 2. The first kappa shape index (κ1) is 27.7. The number of hydrogen-bond acceptors (Lipinski definition) is 10. The predicted octanol–water partition coefficient (Wildman–Crippen LogP) is -0.0698. The maximum atomic E-state index is 11.3. The first-order valence-electron chi connectivity index (χ1n) is 9.70. The second-order valence-corrected chi connectivity index (χ2v) is 6.52. The van der Waals surface area contributed by atoms with Crippen LogP contribution in [0.25, 0.3) is 0 Å². The number of aliphatic hydroxyl groups excluding tert-OH is 2. The third-order valence-corrected chi connectivity index (χ3v) is 3.88. The Bertz CT molecular complexity index is 378. The van der Waals surface area contributed by atoms with Gasteiger partial charge in [-0.2, -0.15) is 0 Å². The van der Waals surface area contributed by atoms with Crippen LogP contribution in [0.2, 0.25) is 0 Å². The lowest BCUT2D eigenvalue weighted by atomic mass is 9.92. The molecule has 29 heavy (non-hydrogen) atoms. The van der Waals surface area contributed by atoms with Crippen molar-refractivity contribution in [2.75, 3.05) is 80.3 Å². The third-order valence-electron chi connectivity index (χ3n) is 3.88. The minimum absolute atomic E-state index is 0.0191. The summed E-state index contributed by atoms with van der Waals surface area (Å²) in [6.45, 7) is 1.97. The monoisotopic (exact) mass is 424 g/mol. The highest BCUT2D eigenvalue weighted by Gasteiger charge is 2.32. The van der Waals surface area contributed by atoms with Crippen molar-refractivity contribution < 1.29 is 48.2 Å². The lowest BCUT2D eigenvalue weighted by molar-refractivity contribution is -0.144. The Morgan fingerprint density at radius 2 is 1.00 bits per heavy atom. The van der Waals surface area contributed by atoms with E-state index in [-0.39, 0.29) is 77.6 Å². The SMILES string of the molecule is COC(=O)CCOCC(COCCCO)(COCCCO)COCCC(=O)OC. The van der Waals surface area contributed by atoms with Gasteiger partial charge < -0.3 is 38.6 Å². The lowest BCUT2D eigenvalue weighted by Crippen LogP contribution is -2.42. The average Bonchev–Trinajstić information content (AvgIpc) is 2.74. The second kappa shape index (κ2) is 18.7. The van der Waals surface area contributed by atoms with Gasteiger partial charge >= 0.3 is 11.9 Å². The van der Waals surface area contributed by atoms with Crippen molar-refractivity contribution in [2.45, 2.75) is 25.7 Å². The lowest BCUT2D eigenvalue weighted by Gasteiger charge is -2.33. The Balaban J connectivity index is 4.84. The van der Waals surface area contributed by atoms with Crippen LogP contribution in [0, 0.1) is 5.41 Å². The summed E-state index contributed by atoms with van der Waals surface area (Å²) in [5.41, 5.74) is -0.683. The summed E-state index contributed by atoms with van der Waals surface area (Å²) in [6, 6.07) is 0. The van der Waals surface area contributed by atoms with E-state index < -0.39 is 5.41 Å². The van der Waals surface area contributed by atoms with Gasteiger partial charge in [0.2, 0.25) is 0 Å². The van der Waals surface area contributed by atoms with Gasteiger partial charge in [0.1, 0.15) is 0 Å². The molecule has 0 fully saturated rings. The van der Waals surface area contributed by atoms with Crippen LogP contribution in [-0.2, 0) is 38.0 Å². The van der Waals surface area contributed by atoms with Crippen LogP contribution < -0.4 is 0 Å². The molecule has 0 aliphatic carbocycles. The van der Waals surface area contributed by atoms with E-state index in [2.05, 4.69) is 9.47 Å². The van der Waals surface area contributed by atoms with E-state index in [4.69, 9.17) is 29.2 Å². The van der Waals surface area contributed by atoms with Crippen LogP contribution in [0.15, 0.2) is 0 Å². The molecule has 0 saturated carbocycles. The Labute approximate surface area is 172 Å². The fourth-order valence-corrected chi connectivity index (χ4v) is 2.25. The number of aliphatic hydroxyl groups is 2. The molecule has 0 radical (unpaired) electrons. The van der Waals surface area contributed by atoms with E-state index in [1.54, 1.807) is 0 Å². The topological polar surface area (TPSA) is 130 Å². The summed E-state index contributed by atoms with van der Waals surface area (Å²) >= 11 is 0. The van der Waals surface area contributed by atoms with Crippen LogP contribution in [0.5, 0.6) is 0 Å². The molecule has 0 bridgehead atoms. The summed E-state index contributed by atoms with van der Waals surface area (Å²) < 4.78 is 31.8. The molecule has 0 spiro atoms. The van der Waals surface area contributed by atoms with E-state index in [9.17, 15) is 9.59 Å². The van der Waals surface area contributed by atoms with Crippen molar-refractivity contribution >= 4 is 11.9 Å². The van der Waals surface area contributed by atoms with Crippen LogP contribution >= 0.6 is 0 Å². The first-order valence-corrected chi connectivity index (χ1v) is 9.70. The molecule has 2 N–H and O–H groups in total. The van der Waals surface area contributed by atoms with E-state index >= 15 is 0 Å². The molecular formula is C19H36O10. The van der Waals surface area contributed by atoms with Crippen molar-refractivity contribution in [3.63, 3.8) is 0 Å². The first-order chi connectivity index (χ1) is 14.0. The molecule has 0 aromatic heterocycles. The molecule has 10 nitrogen and oxygen atoms in total. The number of rotatable bonds is 20. The minimum atomic E-state index is -0.683. The summed E-state index contributed by atoms with van der Waals surface area (Å²) in [5.74, 6) is -0.744. The quantitative estimate of drug-likeness (QED) is 0.202. The van der Waals surface area contributed by atoms with E-state index in [0.717, 1.165) is 0 Å².